The monoisotopic (exact) mass is 402 g/mol. The van der Waals surface area contributed by atoms with E-state index in [1.807, 2.05) is 30.3 Å². The fourth-order valence-corrected chi connectivity index (χ4v) is 5.74. The molecule has 2 unspecified atom stereocenters. The zero-order valence-electron chi connectivity index (χ0n) is 17.5. The van der Waals surface area contributed by atoms with Crippen LogP contribution in [-0.4, -0.2) is 40.1 Å². The summed E-state index contributed by atoms with van der Waals surface area (Å²) in [5, 5.41) is 29.9. The van der Waals surface area contributed by atoms with Gasteiger partial charge in [-0.2, -0.15) is 0 Å². The van der Waals surface area contributed by atoms with Crippen molar-refractivity contribution in [2.75, 3.05) is 6.61 Å². The molecule has 2 saturated carbocycles. The average molecular weight is 403 g/mol. The van der Waals surface area contributed by atoms with Crippen molar-refractivity contribution in [2.24, 2.45) is 23.2 Å². The van der Waals surface area contributed by atoms with Crippen LogP contribution in [-0.2, 0) is 4.79 Å². The summed E-state index contributed by atoms with van der Waals surface area (Å²) in [5.41, 5.74) is 1.40. The number of para-hydroxylation sites is 1. The first-order chi connectivity index (χ1) is 13.8. The lowest BCUT2D eigenvalue weighted by atomic mass is 9.43. The number of aliphatic carboxylic acids is 1. The predicted octanol–water partition coefficient (Wildman–Crippen LogP) is 4.04. The number of hydrogen-bond donors (Lipinski definition) is 3. The highest BCUT2D eigenvalue weighted by atomic mass is 16.5. The first kappa shape index (κ1) is 21.8. The van der Waals surface area contributed by atoms with Crippen molar-refractivity contribution in [2.45, 2.75) is 64.6 Å². The zero-order valence-corrected chi connectivity index (χ0v) is 17.5. The van der Waals surface area contributed by atoms with Gasteiger partial charge in [0.05, 0.1) is 12.2 Å². The molecule has 160 valence electrons. The van der Waals surface area contributed by atoms with Gasteiger partial charge in [-0.05, 0) is 67.4 Å². The molecule has 0 amide bonds. The molecule has 0 bridgehead atoms. The Balaban J connectivity index is 1.55. The van der Waals surface area contributed by atoms with Gasteiger partial charge in [0.25, 0.3) is 0 Å². The first-order valence-corrected chi connectivity index (χ1v) is 10.8. The van der Waals surface area contributed by atoms with Crippen molar-refractivity contribution >= 4 is 5.97 Å². The third-order valence-electron chi connectivity index (χ3n) is 7.08. The van der Waals surface area contributed by atoms with Crippen molar-refractivity contribution in [1.29, 1.82) is 0 Å². The SMILES string of the molecule is CC1C(=CCCC(=O)O)[C@]2(C)CC[C@H](O)[C@@H](CCC(O)COc3ccccc3)[C@H]12. The van der Waals surface area contributed by atoms with Crippen LogP contribution < -0.4 is 4.74 Å². The third-order valence-corrected chi connectivity index (χ3v) is 7.08. The van der Waals surface area contributed by atoms with Crippen LogP contribution in [0.15, 0.2) is 42.0 Å². The molecule has 6 atom stereocenters. The van der Waals surface area contributed by atoms with Crippen LogP contribution in [0.5, 0.6) is 5.75 Å². The fourth-order valence-electron chi connectivity index (χ4n) is 5.74. The van der Waals surface area contributed by atoms with Gasteiger partial charge in [-0.25, -0.2) is 0 Å². The second kappa shape index (κ2) is 9.31. The maximum Gasteiger partial charge on any atom is 0.303 e. The number of ether oxygens (including phenoxy) is 1. The molecule has 3 N–H and O–H groups in total. The van der Waals surface area contributed by atoms with E-state index in [-0.39, 0.29) is 30.5 Å². The van der Waals surface area contributed by atoms with Gasteiger partial charge >= 0.3 is 5.97 Å². The molecule has 0 radical (unpaired) electrons. The first-order valence-electron chi connectivity index (χ1n) is 10.8. The fraction of sp³-hybridized carbons (Fsp3) is 0.625. The maximum absolute atomic E-state index is 10.8. The van der Waals surface area contributed by atoms with Crippen LogP contribution in [0, 0.1) is 23.2 Å². The Labute approximate surface area is 173 Å². The van der Waals surface area contributed by atoms with E-state index in [4.69, 9.17) is 9.84 Å². The van der Waals surface area contributed by atoms with Gasteiger partial charge in [0, 0.05) is 6.42 Å². The second-order valence-electron chi connectivity index (χ2n) is 8.95. The lowest BCUT2D eigenvalue weighted by Crippen LogP contribution is -2.57. The molecule has 0 aromatic heterocycles. The average Bonchev–Trinajstić information content (AvgIpc) is 2.70. The van der Waals surface area contributed by atoms with Crippen molar-refractivity contribution in [3.05, 3.63) is 42.0 Å². The van der Waals surface area contributed by atoms with Crippen molar-refractivity contribution in [3.63, 3.8) is 0 Å². The van der Waals surface area contributed by atoms with Crippen LogP contribution in [0.2, 0.25) is 0 Å². The predicted molar refractivity (Wildman–Crippen MR) is 112 cm³/mol. The molecule has 0 saturated heterocycles. The normalized spacial score (nSPS) is 33.6. The van der Waals surface area contributed by atoms with Gasteiger partial charge in [-0.1, -0.05) is 43.7 Å². The number of benzene rings is 1. The largest absolute Gasteiger partial charge is 0.491 e. The van der Waals surface area contributed by atoms with Crippen molar-refractivity contribution in [3.8, 4) is 5.75 Å². The summed E-state index contributed by atoms with van der Waals surface area (Å²) in [6.07, 6.45) is 5.04. The van der Waals surface area contributed by atoms with Gasteiger partial charge in [0.15, 0.2) is 0 Å². The number of hydrogen-bond acceptors (Lipinski definition) is 4. The quantitative estimate of drug-likeness (QED) is 0.543. The van der Waals surface area contributed by atoms with Crippen molar-refractivity contribution in [1.82, 2.24) is 0 Å². The van der Waals surface area contributed by atoms with E-state index < -0.39 is 12.1 Å². The molecule has 2 aliphatic rings. The minimum atomic E-state index is -0.765. The number of carbonyl (C=O) groups is 1. The summed E-state index contributed by atoms with van der Waals surface area (Å²) in [7, 11) is 0. The summed E-state index contributed by atoms with van der Waals surface area (Å²) in [6, 6.07) is 9.48. The van der Waals surface area contributed by atoms with E-state index in [1.54, 1.807) is 0 Å². The van der Waals surface area contributed by atoms with Crippen LogP contribution in [0.3, 0.4) is 0 Å². The van der Waals surface area contributed by atoms with Crippen LogP contribution in [0.1, 0.15) is 52.4 Å². The minimum Gasteiger partial charge on any atom is -0.491 e. The number of carboxylic acid groups (broad SMARTS) is 1. The van der Waals surface area contributed by atoms with Crippen molar-refractivity contribution < 1.29 is 24.9 Å². The Morgan fingerprint density at radius 3 is 2.76 bits per heavy atom. The summed E-state index contributed by atoms with van der Waals surface area (Å²) in [5.74, 6) is 0.877. The van der Waals surface area contributed by atoms with Gasteiger partial charge in [-0.15, -0.1) is 0 Å². The lowest BCUT2D eigenvalue weighted by Gasteiger charge is -2.62. The van der Waals surface area contributed by atoms with E-state index >= 15 is 0 Å². The summed E-state index contributed by atoms with van der Waals surface area (Å²) < 4.78 is 5.65. The molecular formula is C24H34O5. The van der Waals surface area contributed by atoms with Gasteiger partial charge in [0.1, 0.15) is 12.4 Å². The molecule has 0 heterocycles. The Kier molecular flexibility index (Phi) is 7.01. The molecule has 3 rings (SSSR count). The Hall–Kier alpha value is -1.85. The molecule has 2 aliphatic carbocycles. The molecule has 1 aromatic rings. The zero-order chi connectivity index (χ0) is 21.0. The summed E-state index contributed by atoms with van der Waals surface area (Å²) in [4.78, 5) is 10.8. The Morgan fingerprint density at radius 1 is 1.34 bits per heavy atom. The van der Waals surface area contributed by atoms with E-state index in [2.05, 4.69) is 19.9 Å². The molecule has 0 aliphatic heterocycles. The van der Waals surface area contributed by atoms with Gasteiger partial charge in [0.2, 0.25) is 0 Å². The molecular weight excluding hydrogens is 368 g/mol. The minimum absolute atomic E-state index is 0.0489. The highest BCUT2D eigenvalue weighted by molar-refractivity contribution is 5.66. The smallest absolute Gasteiger partial charge is 0.303 e. The van der Waals surface area contributed by atoms with Crippen LogP contribution in [0.4, 0.5) is 0 Å². The summed E-state index contributed by atoms with van der Waals surface area (Å²) in [6.45, 7) is 4.71. The van der Waals surface area contributed by atoms with E-state index in [9.17, 15) is 15.0 Å². The topological polar surface area (TPSA) is 87.0 Å². The highest BCUT2D eigenvalue weighted by Gasteiger charge is 2.58. The van der Waals surface area contributed by atoms with Crippen LogP contribution in [0.25, 0.3) is 0 Å². The van der Waals surface area contributed by atoms with Gasteiger partial charge in [-0.3, -0.25) is 4.79 Å². The van der Waals surface area contributed by atoms with Crippen LogP contribution >= 0.6 is 0 Å². The number of allylic oxidation sites excluding steroid dienone is 2. The molecule has 2 fully saturated rings. The van der Waals surface area contributed by atoms with E-state index in [0.717, 1.165) is 25.0 Å². The highest BCUT2D eigenvalue weighted by Crippen LogP contribution is 2.64. The summed E-state index contributed by atoms with van der Waals surface area (Å²) >= 11 is 0. The lowest BCUT2D eigenvalue weighted by molar-refractivity contribution is -0.136. The maximum atomic E-state index is 10.8. The number of rotatable bonds is 9. The number of carboxylic acids is 1. The Bertz CT molecular complexity index is 715. The molecule has 5 heteroatoms. The third kappa shape index (κ3) is 4.84. The number of aliphatic hydroxyl groups excluding tert-OH is 2. The molecule has 0 spiro atoms. The number of aliphatic hydroxyl groups is 2. The standard InChI is InChI=1S/C24H34O5/c1-16-20(9-6-10-22(27)28)24(2)14-13-21(26)19(23(16)24)12-11-17(25)15-29-18-7-4-3-5-8-18/h3-5,7-9,16-17,19,21,23,25-26H,6,10-15H2,1-2H3,(H,27,28)/t16?,17?,19-,21+,23+,24+/m1/s1. The van der Waals surface area contributed by atoms with E-state index in [1.165, 1.54) is 5.57 Å². The van der Waals surface area contributed by atoms with E-state index in [0.29, 0.717) is 24.7 Å². The second-order valence-corrected chi connectivity index (χ2v) is 8.95. The molecule has 5 nitrogen and oxygen atoms in total. The molecule has 29 heavy (non-hydrogen) atoms. The number of fused-ring (bicyclic) bond motifs is 1. The van der Waals surface area contributed by atoms with Gasteiger partial charge < -0.3 is 20.1 Å². The molecule has 1 aromatic carbocycles. The Morgan fingerprint density at radius 2 is 2.07 bits per heavy atom.